The number of ether oxygens (including phenoxy) is 5. The van der Waals surface area contributed by atoms with E-state index >= 15 is 0 Å². The van der Waals surface area contributed by atoms with Gasteiger partial charge in [0.1, 0.15) is 18.0 Å². The number of nitrogens with one attached hydrogen (secondary N) is 2. The second kappa shape index (κ2) is 14.6. The summed E-state index contributed by atoms with van der Waals surface area (Å²) in [6.45, 7) is 9.54. The molecular weight excluding hydrogens is 490 g/mol. The van der Waals surface area contributed by atoms with Gasteiger partial charge in [-0.2, -0.15) is 0 Å². The molecule has 1 aromatic carbocycles. The van der Waals surface area contributed by atoms with Crippen LogP contribution in [-0.2, 0) is 18.9 Å². The Morgan fingerprint density at radius 2 is 1.47 bits per heavy atom. The molecule has 3 rings (SSSR count). The Labute approximate surface area is 223 Å². The minimum absolute atomic E-state index is 0.000415. The molecule has 2 N–H and O–H groups in total. The molecule has 0 saturated heterocycles. The van der Waals surface area contributed by atoms with Gasteiger partial charge in [0, 0.05) is 23.5 Å². The molecule has 0 saturated carbocycles. The Bertz CT molecular complexity index is 1170. The zero-order valence-corrected chi connectivity index (χ0v) is 22.5. The molecule has 10 nitrogen and oxygen atoms in total. The number of Topliss-reactive ketones (excluding diaryl/α,β-unsaturated/α-hetero) is 1. The van der Waals surface area contributed by atoms with Crippen LogP contribution in [0.1, 0.15) is 41.6 Å². The first-order valence-electron chi connectivity index (χ1n) is 12.6. The van der Waals surface area contributed by atoms with Gasteiger partial charge in [-0.1, -0.05) is 20.8 Å². The highest BCUT2D eigenvalue weighted by Gasteiger charge is 2.24. The minimum Gasteiger partial charge on any atom is -0.491 e. The number of benzene rings is 1. The lowest BCUT2D eigenvalue weighted by Gasteiger charge is -2.14. The standard InChI is InChI=1S/C28H37N3O7/c1-28(2,3)25(32)24-18-21-17-22(19-29-26(21)31-24)30-27(33)20-5-7-23(8-6-20)38-16-15-37-14-13-36-12-11-35-10-9-34-4/h5-8,17-19H,9-16H2,1-4H3,(H,29,31)(H,30,33). The van der Waals surface area contributed by atoms with Crippen LogP contribution >= 0.6 is 0 Å². The molecule has 0 aliphatic carbocycles. The summed E-state index contributed by atoms with van der Waals surface area (Å²) >= 11 is 0. The molecule has 0 aliphatic rings. The minimum atomic E-state index is -0.504. The third-order valence-corrected chi connectivity index (χ3v) is 5.44. The maximum atomic E-state index is 12.7. The number of carbonyl (C=O) groups is 2. The van der Waals surface area contributed by atoms with Gasteiger partial charge in [-0.05, 0) is 36.4 Å². The van der Waals surface area contributed by atoms with Crippen molar-refractivity contribution in [1.29, 1.82) is 0 Å². The molecule has 0 atom stereocenters. The van der Waals surface area contributed by atoms with Crippen LogP contribution in [0.2, 0.25) is 0 Å². The average Bonchev–Trinajstić information content (AvgIpc) is 3.32. The molecule has 0 aliphatic heterocycles. The topological polar surface area (TPSA) is 121 Å². The van der Waals surface area contributed by atoms with Crippen LogP contribution in [0.5, 0.6) is 5.75 Å². The summed E-state index contributed by atoms with van der Waals surface area (Å²) in [6, 6.07) is 10.4. The van der Waals surface area contributed by atoms with Crippen molar-refractivity contribution < 1.29 is 33.3 Å². The number of aromatic nitrogens is 2. The van der Waals surface area contributed by atoms with E-state index in [1.807, 2.05) is 20.8 Å². The molecular formula is C28H37N3O7. The van der Waals surface area contributed by atoms with Gasteiger partial charge in [0.2, 0.25) is 0 Å². The summed E-state index contributed by atoms with van der Waals surface area (Å²) < 4.78 is 26.8. The van der Waals surface area contributed by atoms with Gasteiger partial charge < -0.3 is 34.0 Å². The van der Waals surface area contributed by atoms with Crippen LogP contribution < -0.4 is 10.1 Å². The van der Waals surface area contributed by atoms with Crippen molar-refractivity contribution >= 4 is 28.4 Å². The largest absolute Gasteiger partial charge is 0.491 e. The van der Waals surface area contributed by atoms with E-state index in [0.29, 0.717) is 81.2 Å². The van der Waals surface area contributed by atoms with Crippen molar-refractivity contribution in [1.82, 2.24) is 9.97 Å². The number of rotatable bonds is 16. The number of nitrogens with zero attached hydrogens (tertiary/aromatic N) is 1. The van der Waals surface area contributed by atoms with Crippen LogP contribution in [-0.4, -0.2) is 81.6 Å². The van der Waals surface area contributed by atoms with E-state index in [-0.39, 0.29) is 11.7 Å². The van der Waals surface area contributed by atoms with Crippen LogP contribution in [0, 0.1) is 5.41 Å². The third-order valence-electron chi connectivity index (χ3n) is 5.44. The molecule has 2 aromatic heterocycles. The van der Waals surface area contributed by atoms with Crippen molar-refractivity contribution in [2.24, 2.45) is 5.41 Å². The molecule has 0 unspecified atom stereocenters. The normalized spacial score (nSPS) is 11.6. The third kappa shape index (κ3) is 9.21. The lowest BCUT2D eigenvalue weighted by molar-refractivity contribution is 0.000164. The number of H-pyrrole nitrogens is 1. The van der Waals surface area contributed by atoms with E-state index < -0.39 is 5.41 Å². The molecule has 38 heavy (non-hydrogen) atoms. The first-order valence-corrected chi connectivity index (χ1v) is 12.6. The van der Waals surface area contributed by atoms with Gasteiger partial charge in [0.05, 0.1) is 63.8 Å². The monoisotopic (exact) mass is 527 g/mol. The summed E-state index contributed by atoms with van der Waals surface area (Å²) in [4.78, 5) is 32.6. The van der Waals surface area contributed by atoms with Crippen molar-refractivity contribution in [3.8, 4) is 5.75 Å². The smallest absolute Gasteiger partial charge is 0.255 e. The van der Waals surface area contributed by atoms with Gasteiger partial charge in [-0.15, -0.1) is 0 Å². The van der Waals surface area contributed by atoms with Gasteiger partial charge in [0.15, 0.2) is 5.78 Å². The summed E-state index contributed by atoms with van der Waals surface area (Å²) in [5, 5.41) is 3.60. The fraction of sp³-hybridized carbons (Fsp3) is 0.464. The summed E-state index contributed by atoms with van der Waals surface area (Å²) in [5.41, 5.74) is 1.61. The van der Waals surface area contributed by atoms with Crippen molar-refractivity contribution in [2.45, 2.75) is 20.8 Å². The highest BCUT2D eigenvalue weighted by atomic mass is 16.6. The zero-order valence-electron chi connectivity index (χ0n) is 22.5. The highest BCUT2D eigenvalue weighted by molar-refractivity contribution is 6.05. The SMILES string of the molecule is COCCOCCOCCOCCOc1ccc(C(=O)Nc2cnc3[nH]c(C(=O)C(C)(C)C)cc3c2)cc1. The molecule has 3 aromatic rings. The number of aromatic amines is 1. The van der Waals surface area contributed by atoms with Crippen molar-refractivity contribution in [3.05, 3.63) is 53.9 Å². The first kappa shape index (κ1) is 29.2. The number of pyridine rings is 1. The Morgan fingerprint density at radius 1 is 0.868 bits per heavy atom. The lowest BCUT2D eigenvalue weighted by atomic mass is 9.89. The molecule has 0 spiro atoms. The number of amides is 1. The summed E-state index contributed by atoms with van der Waals surface area (Å²) in [6.07, 6.45) is 1.56. The van der Waals surface area contributed by atoms with E-state index in [0.717, 1.165) is 5.39 Å². The molecule has 1 amide bonds. The van der Waals surface area contributed by atoms with E-state index in [4.69, 9.17) is 23.7 Å². The number of fused-ring (bicyclic) bond motifs is 1. The molecule has 0 bridgehead atoms. The van der Waals surface area contributed by atoms with E-state index in [2.05, 4.69) is 15.3 Å². The molecule has 0 fully saturated rings. The number of anilines is 1. The van der Waals surface area contributed by atoms with E-state index in [9.17, 15) is 9.59 Å². The van der Waals surface area contributed by atoms with Crippen LogP contribution in [0.4, 0.5) is 5.69 Å². The van der Waals surface area contributed by atoms with Crippen LogP contribution in [0.25, 0.3) is 11.0 Å². The van der Waals surface area contributed by atoms with Crippen LogP contribution in [0.15, 0.2) is 42.6 Å². The maximum Gasteiger partial charge on any atom is 0.255 e. The number of carbonyl (C=O) groups excluding carboxylic acids is 2. The maximum absolute atomic E-state index is 12.7. The molecule has 10 heteroatoms. The van der Waals surface area contributed by atoms with Gasteiger partial charge >= 0.3 is 0 Å². The van der Waals surface area contributed by atoms with Gasteiger partial charge in [-0.3, -0.25) is 9.59 Å². The summed E-state index contributed by atoms with van der Waals surface area (Å²) in [5.74, 6) is 0.368. The predicted octanol–water partition coefficient (Wildman–Crippen LogP) is 4.12. The first-order chi connectivity index (χ1) is 18.3. The Balaban J connectivity index is 1.37. The fourth-order valence-corrected chi connectivity index (χ4v) is 3.42. The highest BCUT2D eigenvalue weighted by Crippen LogP contribution is 2.24. The van der Waals surface area contributed by atoms with Crippen LogP contribution in [0.3, 0.4) is 0 Å². The van der Waals surface area contributed by atoms with E-state index in [1.54, 1.807) is 49.7 Å². The van der Waals surface area contributed by atoms with Gasteiger partial charge in [-0.25, -0.2) is 4.98 Å². The number of ketones is 1. The predicted molar refractivity (Wildman–Crippen MR) is 144 cm³/mol. The second-order valence-electron chi connectivity index (χ2n) is 9.58. The van der Waals surface area contributed by atoms with Crippen molar-refractivity contribution in [3.63, 3.8) is 0 Å². The molecule has 206 valence electrons. The Morgan fingerprint density at radius 3 is 2.08 bits per heavy atom. The van der Waals surface area contributed by atoms with Crippen molar-refractivity contribution in [2.75, 3.05) is 65.3 Å². The van der Waals surface area contributed by atoms with E-state index in [1.165, 1.54) is 0 Å². The zero-order chi connectivity index (χ0) is 27.4. The quantitative estimate of drug-likeness (QED) is 0.211. The number of hydrogen-bond acceptors (Lipinski definition) is 8. The lowest BCUT2D eigenvalue weighted by Crippen LogP contribution is -2.20. The summed E-state index contributed by atoms with van der Waals surface area (Å²) in [7, 11) is 1.63. The average molecular weight is 528 g/mol. The second-order valence-corrected chi connectivity index (χ2v) is 9.58. The fourth-order valence-electron chi connectivity index (χ4n) is 3.42. The Hall–Kier alpha value is -3.31. The molecule has 2 heterocycles. The molecule has 0 radical (unpaired) electrons. The van der Waals surface area contributed by atoms with Gasteiger partial charge in [0.25, 0.3) is 5.91 Å². The number of hydrogen-bond donors (Lipinski definition) is 2. The number of methoxy groups -OCH3 is 1. The Kier molecular flexibility index (Phi) is 11.2.